The van der Waals surface area contributed by atoms with Crippen LogP contribution >= 0.6 is 0 Å². The Morgan fingerprint density at radius 3 is 2.63 bits per heavy atom. The molecule has 0 atom stereocenters. The Labute approximate surface area is 114 Å². The van der Waals surface area contributed by atoms with Gasteiger partial charge in [-0.25, -0.2) is 8.42 Å². The summed E-state index contributed by atoms with van der Waals surface area (Å²) in [5, 5.41) is 3.05. The fourth-order valence-electron chi connectivity index (χ4n) is 2.25. The number of nitrogens with zero attached hydrogens (tertiary/aromatic N) is 1. The molecular formula is C13H20N2O3S. The van der Waals surface area contributed by atoms with E-state index in [4.69, 9.17) is 4.74 Å². The van der Waals surface area contributed by atoms with Gasteiger partial charge in [0.15, 0.2) is 0 Å². The molecule has 1 aliphatic heterocycles. The second-order valence-electron chi connectivity index (χ2n) is 4.59. The zero-order valence-corrected chi connectivity index (χ0v) is 12.2. The van der Waals surface area contributed by atoms with Gasteiger partial charge in [0.2, 0.25) is 10.0 Å². The number of benzene rings is 1. The van der Waals surface area contributed by atoms with Crippen molar-refractivity contribution in [1.29, 1.82) is 0 Å². The molecule has 2 rings (SSSR count). The van der Waals surface area contributed by atoms with Gasteiger partial charge in [0.25, 0.3) is 0 Å². The highest BCUT2D eigenvalue weighted by atomic mass is 32.2. The fraction of sp³-hybridized carbons (Fsp3) is 0.538. The summed E-state index contributed by atoms with van der Waals surface area (Å²) in [5.41, 5.74) is 1.83. The summed E-state index contributed by atoms with van der Waals surface area (Å²) < 4.78 is 31.9. The van der Waals surface area contributed by atoms with E-state index in [1.807, 2.05) is 20.0 Å². The van der Waals surface area contributed by atoms with Crippen LogP contribution in [0.25, 0.3) is 0 Å². The van der Waals surface area contributed by atoms with Crippen molar-refractivity contribution in [2.24, 2.45) is 0 Å². The Balaban J connectivity index is 2.37. The highest BCUT2D eigenvalue weighted by molar-refractivity contribution is 7.89. The fourth-order valence-corrected chi connectivity index (χ4v) is 3.92. The van der Waals surface area contributed by atoms with E-state index >= 15 is 0 Å². The van der Waals surface area contributed by atoms with E-state index in [-0.39, 0.29) is 0 Å². The molecular weight excluding hydrogens is 264 g/mol. The van der Waals surface area contributed by atoms with Crippen molar-refractivity contribution in [2.75, 3.05) is 33.4 Å². The summed E-state index contributed by atoms with van der Waals surface area (Å²) in [6.07, 6.45) is 0. The number of rotatable bonds is 4. The Bertz CT molecular complexity index is 537. The van der Waals surface area contributed by atoms with Gasteiger partial charge >= 0.3 is 0 Å². The monoisotopic (exact) mass is 284 g/mol. The predicted octanol–water partition coefficient (Wildman–Crippen LogP) is 0.735. The molecule has 0 unspecified atom stereocenters. The van der Waals surface area contributed by atoms with Crippen LogP contribution in [0.4, 0.5) is 0 Å². The van der Waals surface area contributed by atoms with Crippen LogP contribution in [-0.2, 0) is 21.3 Å². The van der Waals surface area contributed by atoms with Gasteiger partial charge in [-0.3, -0.25) is 0 Å². The van der Waals surface area contributed by atoms with E-state index in [1.54, 1.807) is 12.1 Å². The molecule has 1 aromatic carbocycles. The van der Waals surface area contributed by atoms with Gasteiger partial charge in [-0.2, -0.15) is 4.31 Å². The topological polar surface area (TPSA) is 58.6 Å². The maximum absolute atomic E-state index is 12.6. The summed E-state index contributed by atoms with van der Waals surface area (Å²) >= 11 is 0. The van der Waals surface area contributed by atoms with Gasteiger partial charge in [0.05, 0.1) is 18.1 Å². The molecule has 1 heterocycles. The second kappa shape index (κ2) is 6.00. The first kappa shape index (κ1) is 14.5. The van der Waals surface area contributed by atoms with E-state index in [2.05, 4.69) is 5.32 Å². The maximum Gasteiger partial charge on any atom is 0.243 e. The summed E-state index contributed by atoms with van der Waals surface area (Å²) in [6, 6.07) is 5.43. The van der Waals surface area contributed by atoms with E-state index in [0.29, 0.717) is 37.7 Å². The molecule has 106 valence electrons. The van der Waals surface area contributed by atoms with Crippen molar-refractivity contribution < 1.29 is 13.2 Å². The first-order chi connectivity index (χ1) is 9.07. The SMILES string of the molecule is CNCc1cccc(S(=O)(=O)N2CCOCC2)c1C. The van der Waals surface area contributed by atoms with Crippen molar-refractivity contribution in [2.45, 2.75) is 18.4 Å². The van der Waals surface area contributed by atoms with E-state index < -0.39 is 10.0 Å². The molecule has 0 amide bonds. The van der Waals surface area contributed by atoms with Gasteiger partial charge in [0.1, 0.15) is 0 Å². The molecule has 0 aliphatic carbocycles. The third kappa shape index (κ3) is 2.97. The van der Waals surface area contributed by atoms with Crippen LogP contribution in [0.1, 0.15) is 11.1 Å². The Morgan fingerprint density at radius 1 is 1.32 bits per heavy atom. The Hall–Kier alpha value is -0.950. The zero-order chi connectivity index (χ0) is 13.9. The summed E-state index contributed by atoms with van der Waals surface area (Å²) in [6.45, 7) is 4.32. The van der Waals surface area contributed by atoms with E-state index in [9.17, 15) is 8.42 Å². The molecule has 1 aliphatic rings. The molecule has 5 nitrogen and oxygen atoms in total. The van der Waals surface area contributed by atoms with Gasteiger partial charge in [-0.15, -0.1) is 0 Å². The molecule has 0 saturated carbocycles. The van der Waals surface area contributed by atoms with Crippen molar-refractivity contribution in [3.63, 3.8) is 0 Å². The van der Waals surface area contributed by atoms with Crippen molar-refractivity contribution in [1.82, 2.24) is 9.62 Å². The minimum atomic E-state index is -3.41. The molecule has 6 heteroatoms. The number of nitrogens with one attached hydrogen (secondary N) is 1. The maximum atomic E-state index is 12.6. The van der Waals surface area contributed by atoms with Gasteiger partial charge < -0.3 is 10.1 Å². The van der Waals surface area contributed by atoms with Crippen molar-refractivity contribution in [3.05, 3.63) is 29.3 Å². The van der Waals surface area contributed by atoms with Crippen LogP contribution in [-0.4, -0.2) is 46.1 Å². The summed E-state index contributed by atoms with van der Waals surface area (Å²) in [5.74, 6) is 0. The smallest absolute Gasteiger partial charge is 0.243 e. The van der Waals surface area contributed by atoms with Crippen LogP contribution in [0.2, 0.25) is 0 Å². The average molecular weight is 284 g/mol. The molecule has 0 radical (unpaired) electrons. The lowest BCUT2D eigenvalue weighted by Crippen LogP contribution is -2.40. The second-order valence-corrected chi connectivity index (χ2v) is 6.49. The Morgan fingerprint density at radius 2 is 2.00 bits per heavy atom. The van der Waals surface area contributed by atoms with Crippen LogP contribution < -0.4 is 5.32 Å². The first-order valence-corrected chi connectivity index (χ1v) is 7.82. The number of hydrogen-bond acceptors (Lipinski definition) is 4. The third-order valence-electron chi connectivity index (χ3n) is 3.35. The Kier molecular flexibility index (Phi) is 4.57. The van der Waals surface area contributed by atoms with Crippen LogP contribution in [0, 0.1) is 6.92 Å². The quantitative estimate of drug-likeness (QED) is 0.886. The van der Waals surface area contributed by atoms with Crippen LogP contribution in [0.5, 0.6) is 0 Å². The van der Waals surface area contributed by atoms with E-state index in [1.165, 1.54) is 4.31 Å². The average Bonchev–Trinajstić information content (AvgIpc) is 2.42. The summed E-state index contributed by atoms with van der Waals surface area (Å²) in [4.78, 5) is 0.405. The molecule has 0 spiro atoms. The van der Waals surface area contributed by atoms with E-state index in [0.717, 1.165) is 11.1 Å². The highest BCUT2D eigenvalue weighted by Crippen LogP contribution is 2.23. The van der Waals surface area contributed by atoms with Crippen LogP contribution in [0.3, 0.4) is 0 Å². The van der Waals surface area contributed by atoms with Crippen molar-refractivity contribution in [3.8, 4) is 0 Å². The van der Waals surface area contributed by atoms with Crippen LogP contribution in [0.15, 0.2) is 23.1 Å². The molecule has 1 aromatic rings. The largest absolute Gasteiger partial charge is 0.379 e. The number of hydrogen-bond donors (Lipinski definition) is 1. The standard InChI is InChI=1S/C13H20N2O3S/c1-11-12(10-14-2)4-3-5-13(11)19(16,17)15-6-8-18-9-7-15/h3-5,14H,6-10H2,1-2H3. The van der Waals surface area contributed by atoms with Gasteiger partial charge in [-0.05, 0) is 31.2 Å². The molecule has 0 bridgehead atoms. The molecule has 1 saturated heterocycles. The highest BCUT2D eigenvalue weighted by Gasteiger charge is 2.28. The zero-order valence-electron chi connectivity index (χ0n) is 11.3. The molecule has 1 N–H and O–H groups in total. The first-order valence-electron chi connectivity index (χ1n) is 6.38. The lowest BCUT2D eigenvalue weighted by molar-refractivity contribution is 0.0730. The summed E-state index contributed by atoms with van der Waals surface area (Å²) in [7, 11) is -1.56. The van der Waals surface area contributed by atoms with Crippen molar-refractivity contribution >= 4 is 10.0 Å². The van der Waals surface area contributed by atoms with Gasteiger partial charge in [0, 0.05) is 19.6 Å². The lowest BCUT2D eigenvalue weighted by Gasteiger charge is -2.27. The number of morpholine rings is 1. The minimum absolute atomic E-state index is 0.405. The number of ether oxygens (including phenoxy) is 1. The number of sulfonamides is 1. The molecule has 0 aromatic heterocycles. The minimum Gasteiger partial charge on any atom is -0.379 e. The predicted molar refractivity (Wildman–Crippen MR) is 73.5 cm³/mol. The normalized spacial score (nSPS) is 17.6. The van der Waals surface area contributed by atoms with Gasteiger partial charge in [-0.1, -0.05) is 12.1 Å². The lowest BCUT2D eigenvalue weighted by atomic mass is 10.1. The third-order valence-corrected chi connectivity index (χ3v) is 5.39. The molecule has 1 fully saturated rings. The molecule has 19 heavy (non-hydrogen) atoms.